The number of carboxylic acid groups (broad SMARTS) is 1. The zero-order valence-electron chi connectivity index (χ0n) is 10.6. The molecule has 1 saturated heterocycles. The van der Waals surface area contributed by atoms with Gasteiger partial charge in [0.15, 0.2) is 9.84 Å². The Labute approximate surface area is 111 Å². The van der Waals surface area contributed by atoms with Crippen LogP contribution in [0, 0.1) is 0 Å². The largest absolute Gasteiger partial charge is 0.478 e. The lowest BCUT2D eigenvalue weighted by atomic mass is 10.1. The molecule has 0 amide bonds. The molecule has 0 spiro atoms. The van der Waals surface area contributed by atoms with Crippen molar-refractivity contribution in [2.75, 3.05) is 25.4 Å². The molecule has 0 aromatic heterocycles. The van der Waals surface area contributed by atoms with Crippen LogP contribution >= 0.6 is 0 Å². The van der Waals surface area contributed by atoms with Crippen LogP contribution in [0.3, 0.4) is 0 Å². The number of nitrogens with one attached hydrogen (secondary N) is 1. The Bertz CT molecular complexity index is 481. The van der Waals surface area contributed by atoms with E-state index in [1.807, 2.05) is 0 Å². The van der Waals surface area contributed by atoms with Gasteiger partial charge in [0.1, 0.15) is 5.25 Å². The molecule has 0 aromatic rings. The predicted molar refractivity (Wildman–Crippen MR) is 67.4 cm³/mol. The van der Waals surface area contributed by atoms with E-state index in [9.17, 15) is 18.0 Å². The van der Waals surface area contributed by atoms with Crippen LogP contribution < -0.4 is 5.32 Å². The highest BCUT2D eigenvalue weighted by Crippen LogP contribution is 2.17. The maximum absolute atomic E-state index is 11.9. The van der Waals surface area contributed by atoms with E-state index in [4.69, 9.17) is 9.84 Å². The predicted octanol–water partition coefficient (Wildman–Crippen LogP) is -0.663. The second kappa shape index (κ2) is 6.67. The first-order valence-electron chi connectivity index (χ1n) is 5.92. The van der Waals surface area contributed by atoms with Crippen LogP contribution in [0.15, 0.2) is 11.6 Å². The molecule has 7 nitrogen and oxygen atoms in total. The number of hydrogen-bond acceptors (Lipinski definition) is 6. The minimum Gasteiger partial charge on any atom is -0.478 e. The number of sulfone groups is 1. The molecule has 1 atom stereocenters. The molecule has 1 unspecified atom stereocenters. The summed E-state index contributed by atoms with van der Waals surface area (Å²) < 4.78 is 28.6. The Hall–Kier alpha value is -1.41. The van der Waals surface area contributed by atoms with Gasteiger partial charge in [-0.15, -0.1) is 0 Å². The Morgan fingerprint density at radius 2 is 2.16 bits per heavy atom. The number of esters is 1. The fourth-order valence-corrected chi connectivity index (χ4v) is 3.35. The van der Waals surface area contributed by atoms with Crippen molar-refractivity contribution >= 4 is 21.8 Å². The molecule has 1 aliphatic heterocycles. The number of ether oxygens (including phenoxy) is 1. The van der Waals surface area contributed by atoms with Crippen molar-refractivity contribution < 1.29 is 27.9 Å². The SMILES string of the molecule is CCCOC(=O)/C(=C/C(=O)O)C1CNCCS1(=O)=O. The molecular weight excluding hydrogens is 274 g/mol. The van der Waals surface area contributed by atoms with Gasteiger partial charge in [0.25, 0.3) is 0 Å². The third-order valence-corrected chi connectivity index (χ3v) is 4.69. The van der Waals surface area contributed by atoms with Crippen molar-refractivity contribution in [3.05, 3.63) is 11.6 Å². The summed E-state index contributed by atoms with van der Waals surface area (Å²) >= 11 is 0. The highest BCUT2D eigenvalue weighted by atomic mass is 32.2. The van der Waals surface area contributed by atoms with Gasteiger partial charge in [-0.1, -0.05) is 6.92 Å². The Kier molecular flexibility index (Phi) is 5.49. The smallest absolute Gasteiger partial charge is 0.335 e. The summed E-state index contributed by atoms with van der Waals surface area (Å²) in [6.07, 6.45) is 1.19. The van der Waals surface area contributed by atoms with Gasteiger partial charge in [-0.3, -0.25) is 0 Å². The molecule has 108 valence electrons. The van der Waals surface area contributed by atoms with E-state index in [2.05, 4.69) is 5.32 Å². The summed E-state index contributed by atoms with van der Waals surface area (Å²) in [6.45, 7) is 2.22. The molecule has 19 heavy (non-hydrogen) atoms. The van der Waals surface area contributed by atoms with Gasteiger partial charge in [0.2, 0.25) is 0 Å². The fraction of sp³-hybridized carbons (Fsp3) is 0.636. The molecule has 1 aliphatic rings. The number of carbonyl (C=O) groups excluding carboxylic acids is 1. The zero-order chi connectivity index (χ0) is 14.5. The molecule has 0 saturated carbocycles. The molecule has 1 heterocycles. The summed E-state index contributed by atoms with van der Waals surface area (Å²) in [5.74, 6) is -2.39. The van der Waals surface area contributed by atoms with Gasteiger partial charge in [0, 0.05) is 19.2 Å². The fourth-order valence-electron chi connectivity index (χ4n) is 1.71. The molecular formula is C11H17NO6S. The number of aliphatic carboxylic acids is 1. The van der Waals surface area contributed by atoms with E-state index < -0.39 is 27.0 Å². The molecule has 1 fully saturated rings. The molecule has 8 heteroatoms. The van der Waals surface area contributed by atoms with Crippen molar-refractivity contribution in [1.82, 2.24) is 5.32 Å². The normalized spacial score (nSPS) is 22.8. The average molecular weight is 291 g/mol. The van der Waals surface area contributed by atoms with Crippen molar-refractivity contribution in [1.29, 1.82) is 0 Å². The van der Waals surface area contributed by atoms with Crippen LogP contribution in [-0.2, 0) is 24.2 Å². The average Bonchev–Trinajstić information content (AvgIpc) is 2.33. The lowest BCUT2D eigenvalue weighted by Crippen LogP contribution is -2.46. The van der Waals surface area contributed by atoms with Crippen molar-refractivity contribution in [3.63, 3.8) is 0 Å². The molecule has 0 bridgehead atoms. The van der Waals surface area contributed by atoms with E-state index >= 15 is 0 Å². The number of hydrogen-bond donors (Lipinski definition) is 2. The molecule has 0 radical (unpaired) electrons. The van der Waals surface area contributed by atoms with Crippen LogP contribution in [0.4, 0.5) is 0 Å². The molecule has 1 rings (SSSR count). The summed E-state index contributed by atoms with van der Waals surface area (Å²) in [6, 6.07) is 0. The lowest BCUT2D eigenvalue weighted by molar-refractivity contribution is -0.140. The van der Waals surface area contributed by atoms with E-state index in [1.165, 1.54) is 0 Å². The van der Waals surface area contributed by atoms with Crippen LogP contribution in [0.25, 0.3) is 0 Å². The van der Waals surface area contributed by atoms with Gasteiger partial charge in [0.05, 0.1) is 17.9 Å². The van der Waals surface area contributed by atoms with Gasteiger partial charge < -0.3 is 15.2 Å². The van der Waals surface area contributed by atoms with Gasteiger partial charge in [-0.25, -0.2) is 18.0 Å². The van der Waals surface area contributed by atoms with Crippen LogP contribution in [-0.4, -0.2) is 56.2 Å². The summed E-state index contributed by atoms with van der Waals surface area (Å²) in [5, 5.41) is 10.4. The highest BCUT2D eigenvalue weighted by molar-refractivity contribution is 7.92. The minimum absolute atomic E-state index is 0.0165. The van der Waals surface area contributed by atoms with Crippen LogP contribution in [0.2, 0.25) is 0 Å². The topological polar surface area (TPSA) is 110 Å². The minimum atomic E-state index is -3.53. The highest BCUT2D eigenvalue weighted by Gasteiger charge is 2.36. The second-order valence-electron chi connectivity index (χ2n) is 4.13. The first-order valence-corrected chi connectivity index (χ1v) is 7.64. The van der Waals surface area contributed by atoms with E-state index in [1.54, 1.807) is 6.92 Å². The first-order chi connectivity index (χ1) is 8.88. The van der Waals surface area contributed by atoms with Gasteiger partial charge in [-0.2, -0.15) is 0 Å². The van der Waals surface area contributed by atoms with Crippen molar-refractivity contribution in [2.45, 2.75) is 18.6 Å². The van der Waals surface area contributed by atoms with Crippen molar-refractivity contribution in [3.8, 4) is 0 Å². The second-order valence-corrected chi connectivity index (χ2v) is 6.44. The Morgan fingerprint density at radius 1 is 1.47 bits per heavy atom. The maximum atomic E-state index is 11.9. The van der Waals surface area contributed by atoms with Crippen LogP contribution in [0.1, 0.15) is 13.3 Å². The van der Waals surface area contributed by atoms with Gasteiger partial charge in [-0.05, 0) is 6.42 Å². The van der Waals surface area contributed by atoms with Crippen LogP contribution in [0.5, 0.6) is 0 Å². The number of rotatable bonds is 5. The molecule has 2 N–H and O–H groups in total. The standard InChI is InChI=1S/C11H17NO6S/c1-2-4-18-11(15)8(6-10(13)14)9-7-12-3-5-19(9,16)17/h6,9,12H,2-5,7H2,1H3,(H,13,14)/b8-6+. The van der Waals surface area contributed by atoms with E-state index in [0.717, 1.165) is 0 Å². The lowest BCUT2D eigenvalue weighted by Gasteiger charge is -2.24. The Balaban J connectivity index is 3.03. The van der Waals surface area contributed by atoms with Gasteiger partial charge >= 0.3 is 11.9 Å². The molecule has 0 aliphatic carbocycles. The summed E-state index contributed by atoms with van der Waals surface area (Å²) in [4.78, 5) is 22.5. The third kappa shape index (κ3) is 4.32. The van der Waals surface area contributed by atoms with E-state index in [0.29, 0.717) is 19.0 Å². The first kappa shape index (κ1) is 15.6. The monoisotopic (exact) mass is 291 g/mol. The Morgan fingerprint density at radius 3 is 2.68 bits per heavy atom. The maximum Gasteiger partial charge on any atom is 0.335 e. The quantitative estimate of drug-likeness (QED) is 0.511. The zero-order valence-corrected chi connectivity index (χ0v) is 11.4. The molecule has 0 aromatic carbocycles. The van der Waals surface area contributed by atoms with E-state index in [-0.39, 0.29) is 24.5 Å². The summed E-state index contributed by atoms with van der Waals surface area (Å²) in [7, 11) is -3.53. The number of carbonyl (C=O) groups is 2. The summed E-state index contributed by atoms with van der Waals surface area (Å²) in [5.41, 5.74) is -0.326. The number of carboxylic acids is 1. The third-order valence-electron chi connectivity index (χ3n) is 2.63. The van der Waals surface area contributed by atoms with Crippen molar-refractivity contribution in [2.24, 2.45) is 0 Å².